The maximum atomic E-state index is 5.84. The average molecular weight is 290 g/mol. The summed E-state index contributed by atoms with van der Waals surface area (Å²) in [6, 6.07) is 8.93. The molecule has 1 unspecified atom stereocenters. The van der Waals surface area contributed by atoms with E-state index in [1.165, 1.54) is 25.1 Å². The van der Waals surface area contributed by atoms with Crippen molar-refractivity contribution in [1.82, 2.24) is 10.2 Å². The highest BCUT2D eigenvalue weighted by atomic mass is 16.5. The van der Waals surface area contributed by atoms with Crippen molar-refractivity contribution in [2.24, 2.45) is 5.92 Å². The van der Waals surface area contributed by atoms with Crippen molar-refractivity contribution in [3.63, 3.8) is 0 Å². The van der Waals surface area contributed by atoms with E-state index >= 15 is 0 Å². The van der Waals surface area contributed by atoms with E-state index in [1.807, 2.05) is 6.07 Å². The van der Waals surface area contributed by atoms with Gasteiger partial charge in [-0.25, -0.2) is 0 Å². The third kappa shape index (κ3) is 5.68. The zero-order chi connectivity index (χ0) is 15.1. The van der Waals surface area contributed by atoms with Crippen LogP contribution in [-0.2, 0) is 0 Å². The van der Waals surface area contributed by atoms with Gasteiger partial charge in [-0.1, -0.05) is 26.0 Å². The number of nitrogens with one attached hydrogen (secondary N) is 1. The predicted molar refractivity (Wildman–Crippen MR) is 89.0 cm³/mol. The fraction of sp³-hybridized carbons (Fsp3) is 0.667. The summed E-state index contributed by atoms with van der Waals surface area (Å²) in [6.07, 6.45) is 2.35. The first-order valence-electron chi connectivity index (χ1n) is 8.30. The largest absolute Gasteiger partial charge is 0.494 e. The molecular formula is C18H30N2O. The minimum absolute atomic E-state index is 0.630. The van der Waals surface area contributed by atoms with Gasteiger partial charge in [0.15, 0.2) is 0 Å². The lowest BCUT2D eigenvalue weighted by atomic mass is 10.0. The Balaban J connectivity index is 1.70. The molecule has 1 N–H and O–H groups in total. The molecule has 3 heteroatoms. The van der Waals surface area contributed by atoms with E-state index in [0.29, 0.717) is 12.0 Å². The predicted octanol–water partition coefficient (Wildman–Crippen LogP) is 3.08. The van der Waals surface area contributed by atoms with Crippen LogP contribution in [-0.4, -0.2) is 43.7 Å². The second-order valence-corrected chi connectivity index (χ2v) is 6.48. The van der Waals surface area contributed by atoms with E-state index in [1.54, 1.807) is 0 Å². The Morgan fingerprint density at radius 2 is 2.24 bits per heavy atom. The molecule has 1 aromatic carbocycles. The molecule has 118 valence electrons. The Hall–Kier alpha value is -1.06. The van der Waals surface area contributed by atoms with Gasteiger partial charge in [-0.15, -0.1) is 0 Å². The lowest BCUT2D eigenvalue weighted by Crippen LogP contribution is -2.41. The average Bonchev–Trinajstić information content (AvgIpc) is 2.69. The van der Waals surface area contributed by atoms with Gasteiger partial charge in [-0.05, 0) is 56.5 Å². The Morgan fingerprint density at radius 1 is 1.38 bits per heavy atom. The van der Waals surface area contributed by atoms with Gasteiger partial charge in [0.1, 0.15) is 5.75 Å². The Morgan fingerprint density at radius 3 is 3.00 bits per heavy atom. The van der Waals surface area contributed by atoms with Crippen LogP contribution in [0.3, 0.4) is 0 Å². The van der Waals surface area contributed by atoms with Crippen molar-refractivity contribution in [3.05, 3.63) is 29.8 Å². The summed E-state index contributed by atoms with van der Waals surface area (Å²) in [7, 11) is 0. The van der Waals surface area contributed by atoms with Gasteiger partial charge >= 0.3 is 0 Å². The standard InChI is InChI=1S/C18H30N2O/c1-15(2)18-14-20(10-5-9-19-18)11-6-12-21-17-8-4-7-16(3)13-17/h4,7-8,13,15,18-19H,5-6,9-12,14H2,1-3H3. The minimum atomic E-state index is 0.630. The molecule has 1 aromatic rings. The monoisotopic (exact) mass is 290 g/mol. The van der Waals surface area contributed by atoms with E-state index < -0.39 is 0 Å². The van der Waals surface area contributed by atoms with Gasteiger partial charge in [-0.3, -0.25) is 0 Å². The third-order valence-electron chi connectivity index (χ3n) is 4.19. The molecule has 1 saturated heterocycles. The number of hydrogen-bond acceptors (Lipinski definition) is 3. The number of ether oxygens (including phenoxy) is 1. The van der Waals surface area contributed by atoms with Crippen LogP contribution >= 0.6 is 0 Å². The molecule has 1 fully saturated rings. The number of benzene rings is 1. The fourth-order valence-electron chi connectivity index (χ4n) is 2.86. The normalized spacial score (nSPS) is 20.5. The van der Waals surface area contributed by atoms with Crippen molar-refractivity contribution in [2.45, 2.75) is 39.7 Å². The topological polar surface area (TPSA) is 24.5 Å². The number of nitrogens with zero attached hydrogens (tertiary/aromatic N) is 1. The molecular weight excluding hydrogens is 260 g/mol. The molecule has 0 bridgehead atoms. The van der Waals surface area contributed by atoms with Crippen LogP contribution in [0.4, 0.5) is 0 Å². The van der Waals surface area contributed by atoms with E-state index in [2.05, 4.69) is 49.2 Å². The maximum absolute atomic E-state index is 5.84. The third-order valence-corrected chi connectivity index (χ3v) is 4.19. The van der Waals surface area contributed by atoms with Gasteiger partial charge in [-0.2, -0.15) is 0 Å². The van der Waals surface area contributed by atoms with Crippen molar-refractivity contribution in [3.8, 4) is 5.75 Å². The highest BCUT2D eigenvalue weighted by molar-refractivity contribution is 5.27. The first-order valence-corrected chi connectivity index (χ1v) is 8.30. The molecule has 1 atom stereocenters. The summed E-state index contributed by atoms with van der Waals surface area (Å²) in [6.45, 7) is 12.2. The summed E-state index contributed by atoms with van der Waals surface area (Å²) in [5, 5.41) is 3.66. The summed E-state index contributed by atoms with van der Waals surface area (Å²) >= 11 is 0. The van der Waals surface area contributed by atoms with Crippen molar-refractivity contribution < 1.29 is 4.74 Å². The second kappa shape index (κ2) is 8.40. The summed E-state index contributed by atoms with van der Waals surface area (Å²) < 4.78 is 5.84. The number of aryl methyl sites for hydroxylation is 1. The van der Waals surface area contributed by atoms with Crippen molar-refractivity contribution in [1.29, 1.82) is 0 Å². The number of rotatable bonds is 6. The summed E-state index contributed by atoms with van der Waals surface area (Å²) in [5.41, 5.74) is 1.26. The molecule has 21 heavy (non-hydrogen) atoms. The molecule has 0 spiro atoms. The Bertz CT molecular complexity index is 419. The maximum Gasteiger partial charge on any atom is 0.119 e. The van der Waals surface area contributed by atoms with Crippen LogP contribution in [0.25, 0.3) is 0 Å². The van der Waals surface area contributed by atoms with E-state index in [0.717, 1.165) is 31.9 Å². The first kappa shape index (κ1) is 16.3. The molecule has 1 heterocycles. The number of hydrogen-bond donors (Lipinski definition) is 1. The lowest BCUT2D eigenvalue weighted by molar-refractivity contribution is 0.218. The second-order valence-electron chi connectivity index (χ2n) is 6.48. The van der Waals surface area contributed by atoms with Crippen LogP contribution in [0.15, 0.2) is 24.3 Å². The van der Waals surface area contributed by atoms with Crippen LogP contribution in [0.5, 0.6) is 5.75 Å². The van der Waals surface area contributed by atoms with Crippen LogP contribution < -0.4 is 10.1 Å². The highest BCUT2D eigenvalue weighted by Gasteiger charge is 2.19. The van der Waals surface area contributed by atoms with E-state index in [9.17, 15) is 0 Å². The van der Waals surface area contributed by atoms with Gasteiger partial charge in [0.2, 0.25) is 0 Å². The molecule has 0 aromatic heterocycles. The van der Waals surface area contributed by atoms with Crippen molar-refractivity contribution >= 4 is 0 Å². The molecule has 1 aliphatic heterocycles. The van der Waals surface area contributed by atoms with Crippen LogP contribution in [0.2, 0.25) is 0 Å². The summed E-state index contributed by atoms with van der Waals surface area (Å²) in [4.78, 5) is 2.59. The van der Waals surface area contributed by atoms with Gasteiger partial charge < -0.3 is 15.0 Å². The SMILES string of the molecule is Cc1cccc(OCCCN2CCCNC(C(C)C)C2)c1. The fourth-order valence-corrected chi connectivity index (χ4v) is 2.86. The first-order chi connectivity index (χ1) is 10.1. The molecule has 3 nitrogen and oxygen atoms in total. The highest BCUT2D eigenvalue weighted by Crippen LogP contribution is 2.13. The van der Waals surface area contributed by atoms with Gasteiger partial charge in [0, 0.05) is 19.1 Å². The molecule has 0 radical (unpaired) electrons. The van der Waals surface area contributed by atoms with Crippen LogP contribution in [0.1, 0.15) is 32.3 Å². The van der Waals surface area contributed by atoms with Crippen molar-refractivity contribution in [2.75, 3.05) is 32.8 Å². The zero-order valence-corrected chi connectivity index (χ0v) is 13.8. The minimum Gasteiger partial charge on any atom is -0.494 e. The van der Waals surface area contributed by atoms with Gasteiger partial charge in [0.25, 0.3) is 0 Å². The quantitative estimate of drug-likeness (QED) is 0.815. The molecule has 0 amide bonds. The van der Waals surface area contributed by atoms with Gasteiger partial charge in [0.05, 0.1) is 6.61 Å². The molecule has 0 saturated carbocycles. The smallest absolute Gasteiger partial charge is 0.119 e. The molecule has 1 aliphatic rings. The lowest BCUT2D eigenvalue weighted by Gasteiger charge is -2.26. The molecule has 0 aliphatic carbocycles. The van der Waals surface area contributed by atoms with E-state index in [4.69, 9.17) is 4.74 Å². The summed E-state index contributed by atoms with van der Waals surface area (Å²) in [5.74, 6) is 1.70. The van der Waals surface area contributed by atoms with E-state index in [-0.39, 0.29) is 0 Å². The zero-order valence-electron chi connectivity index (χ0n) is 13.8. The van der Waals surface area contributed by atoms with Crippen LogP contribution in [0, 0.1) is 12.8 Å². The Kier molecular flexibility index (Phi) is 6.52. The molecule has 2 rings (SSSR count). The Labute approximate surface area is 129 Å².